The molecule has 4 heteroatoms. The molecule has 2 N–H and O–H groups in total. The van der Waals surface area contributed by atoms with Crippen LogP contribution in [-0.4, -0.2) is 16.5 Å². The van der Waals surface area contributed by atoms with Crippen molar-refractivity contribution in [2.75, 3.05) is 17.2 Å². The zero-order valence-electron chi connectivity index (χ0n) is 11.5. The average Bonchev–Trinajstić information content (AvgIpc) is 2.44. The molecule has 19 heavy (non-hydrogen) atoms. The van der Waals surface area contributed by atoms with Crippen molar-refractivity contribution >= 4 is 11.6 Å². The first-order chi connectivity index (χ1) is 9.28. The van der Waals surface area contributed by atoms with Crippen LogP contribution in [0.2, 0.25) is 0 Å². The van der Waals surface area contributed by atoms with Crippen molar-refractivity contribution in [2.45, 2.75) is 26.8 Å². The Morgan fingerprint density at radius 2 is 1.84 bits per heavy atom. The van der Waals surface area contributed by atoms with Gasteiger partial charge in [-0.25, -0.2) is 9.97 Å². The molecule has 0 saturated heterocycles. The van der Waals surface area contributed by atoms with Crippen LogP contribution < -0.4 is 10.6 Å². The fourth-order valence-corrected chi connectivity index (χ4v) is 1.72. The van der Waals surface area contributed by atoms with Gasteiger partial charge >= 0.3 is 0 Å². The van der Waals surface area contributed by atoms with Crippen LogP contribution in [0.25, 0.3) is 0 Å². The Bertz CT molecular complexity index is 508. The number of nitrogens with one attached hydrogen (secondary N) is 2. The van der Waals surface area contributed by atoms with E-state index >= 15 is 0 Å². The summed E-state index contributed by atoms with van der Waals surface area (Å²) >= 11 is 0. The SMILES string of the molecule is CCCNc1ccc(CNc2nccc(C)n2)cc1. The van der Waals surface area contributed by atoms with Crippen LogP contribution in [0.15, 0.2) is 36.5 Å². The van der Waals surface area contributed by atoms with Crippen LogP contribution >= 0.6 is 0 Å². The quantitative estimate of drug-likeness (QED) is 0.833. The molecule has 0 bridgehead atoms. The number of rotatable bonds is 6. The molecule has 0 atom stereocenters. The van der Waals surface area contributed by atoms with Crippen molar-refractivity contribution in [3.05, 3.63) is 47.8 Å². The third-order valence-electron chi connectivity index (χ3n) is 2.78. The van der Waals surface area contributed by atoms with Gasteiger partial charge in [-0.05, 0) is 37.1 Å². The Morgan fingerprint density at radius 1 is 1.05 bits per heavy atom. The molecule has 0 aliphatic rings. The maximum absolute atomic E-state index is 4.31. The van der Waals surface area contributed by atoms with E-state index in [4.69, 9.17) is 0 Å². The van der Waals surface area contributed by atoms with Gasteiger partial charge in [0.1, 0.15) is 0 Å². The third kappa shape index (κ3) is 4.25. The van der Waals surface area contributed by atoms with Crippen molar-refractivity contribution in [3.63, 3.8) is 0 Å². The first kappa shape index (κ1) is 13.3. The normalized spacial score (nSPS) is 10.2. The van der Waals surface area contributed by atoms with Crippen LogP contribution in [0.3, 0.4) is 0 Å². The lowest BCUT2D eigenvalue weighted by Crippen LogP contribution is -2.04. The lowest BCUT2D eigenvalue weighted by atomic mass is 10.2. The second-order valence-corrected chi connectivity index (χ2v) is 4.50. The van der Waals surface area contributed by atoms with Gasteiger partial charge in [-0.3, -0.25) is 0 Å². The number of aryl methyl sites for hydroxylation is 1. The monoisotopic (exact) mass is 256 g/mol. The second kappa shape index (κ2) is 6.73. The number of aromatic nitrogens is 2. The first-order valence-electron chi connectivity index (χ1n) is 6.64. The highest BCUT2D eigenvalue weighted by Crippen LogP contribution is 2.10. The summed E-state index contributed by atoms with van der Waals surface area (Å²) in [6.07, 6.45) is 2.90. The van der Waals surface area contributed by atoms with Gasteiger partial charge in [-0.15, -0.1) is 0 Å². The fraction of sp³-hybridized carbons (Fsp3) is 0.333. The summed E-state index contributed by atoms with van der Waals surface area (Å²) in [7, 11) is 0. The Labute approximate surface area is 114 Å². The van der Waals surface area contributed by atoms with E-state index in [0.29, 0.717) is 5.95 Å². The number of benzene rings is 1. The number of anilines is 2. The summed E-state index contributed by atoms with van der Waals surface area (Å²) < 4.78 is 0. The molecule has 100 valence electrons. The molecule has 4 nitrogen and oxygen atoms in total. The Morgan fingerprint density at radius 3 is 2.53 bits per heavy atom. The molecule has 2 aromatic rings. The van der Waals surface area contributed by atoms with E-state index in [-0.39, 0.29) is 0 Å². The summed E-state index contributed by atoms with van der Waals surface area (Å²) in [4.78, 5) is 8.49. The molecule has 0 fully saturated rings. The van der Waals surface area contributed by atoms with Crippen molar-refractivity contribution in [1.82, 2.24) is 9.97 Å². The van der Waals surface area contributed by atoms with Gasteiger partial charge < -0.3 is 10.6 Å². The van der Waals surface area contributed by atoms with Crippen molar-refractivity contribution < 1.29 is 0 Å². The smallest absolute Gasteiger partial charge is 0.223 e. The van der Waals surface area contributed by atoms with Crippen LogP contribution in [-0.2, 0) is 6.54 Å². The lowest BCUT2D eigenvalue weighted by molar-refractivity contribution is 0.978. The van der Waals surface area contributed by atoms with E-state index in [2.05, 4.69) is 51.8 Å². The summed E-state index contributed by atoms with van der Waals surface area (Å²) in [6, 6.07) is 10.3. The van der Waals surface area contributed by atoms with E-state index in [0.717, 1.165) is 30.9 Å². The van der Waals surface area contributed by atoms with Crippen LogP contribution in [0, 0.1) is 6.92 Å². The van der Waals surface area contributed by atoms with Crippen LogP contribution in [0.1, 0.15) is 24.6 Å². The van der Waals surface area contributed by atoms with Crippen LogP contribution in [0.5, 0.6) is 0 Å². The van der Waals surface area contributed by atoms with E-state index in [9.17, 15) is 0 Å². The highest BCUT2D eigenvalue weighted by atomic mass is 15.1. The Kier molecular flexibility index (Phi) is 4.72. The predicted octanol–water partition coefficient (Wildman–Crippen LogP) is 3.22. The van der Waals surface area contributed by atoms with Gasteiger partial charge in [0.15, 0.2) is 0 Å². The molecular weight excluding hydrogens is 236 g/mol. The molecular formula is C15H20N4. The second-order valence-electron chi connectivity index (χ2n) is 4.50. The summed E-state index contributed by atoms with van der Waals surface area (Å²) in [6.45, 7) is 5.86. The fourth-order valence-electron chi connectivity index (χ4n) is 1.72. The number of hydrogen-bond acceptors (Lipinski definition) is 4. The van der Waals surface area contributed by atoms with Crippen molar-refractivity contribution in [1.29, 1.82) is 0 Å². The van der Waals surface area contributed by atoms with Crippen molar-refractivity contribution in [3.8, 4) is 0 Å². The lowest BCUT2D eigenvalue weighted by Gasteiger charge is -2.07. The average molecular weight is 256 g/mol. The molecule has 1 aromatic carbocycles. The summed E-state index contributed by atoms with van der Waals surface area (Å²) in [5, 5.41) is 6.58. The summed E-state index contributed by atoms with van der Waals surface area (Å²) in [5.74, 6) is 0.674. The molecule has 0 radical (unpaired) electrons. The molecule has 0 unspecified atom stereocenters. The van der Waals surface area contributed by atoms with Gasteiger partial charge in [0.2, 0.25) is 5.95 Å². The van der Waals surface area contributed by atoms with E-state index < -0.39 is 0 Å². The number of hydrogen-bond donors (Lipinski definition) is 2. The molecule has 0 aliphatic heterocycles. The Balaban J connectivity index is 1.89. The van der Waals surface area contributed by atoms with E-state index in [1.807, 2.05) is 13.0 Å². The van der Waals surface area contributed by atoms with Crippen LogP contribution in [0.4, 0.5) is 11.6 Å². The summed E-state index contributed by atoms with van der Waals surface area (Å²) in [5.41, 5.74) is 3.35. The largest absolute Gasteiger partial charge is 0.385 e. The maximum atomic E-state index is 4.31. The third-order valence-corrected chi connectivity index (χ3v) is 2.78. The van der Waals surface area contributed by atoms with Gasteiger partial charge in [0, 0.05) is 30.7 Å². The standard InChI is InChI=1S/C15H20N4/c1-3-9-16-14-6-4-13(5-7-14)11-18-15-17-10-8-12(2)19-15/h4-8,10,16H,3,9,11H2,1-2H3,(H,17,18,19). The van der Waals surface area contributed by atoms with Crippen molar-refractivity contribution in [2.24, 2.45) is 0 Å². The molecule has 1 heterocycles. The topological polar surface area (TPSA) is 49.8 Å². The zero-order chi connectivity index (χ0) is 13.5. The molecule has 0 amide bonds. The first-order valence-corrected chi connectivity index (χ1v) is 6.64. The van der Waals surface area contributed by atoms with Gasteiger partial charge in [-0.1, -0.05) is 19.1 Å². The predicted molar refractivity (Wildman–Crippen MR) is 79.3 cm³/mol. The number of nitrogens with zero attached hydrogens (tertiary/aromatic N) is 2. The van der Waals surface area contributed by atoms with Gasteiger partial charge in [-0.2, -0.15) is 0 Å². The molecule has 0 saturated carbocycles. The molecule has 1 aromatic heterocycles. The highest BCUT2D eigenvalue weighted by Gasteiger charge is 1.97. The Hall–Kier alpha value is -2.10. The van der Waals surface area contributed by atoms with Gasteiger partial charge in [0.05, 0.1) is 0 Å². The van der Waals surface area contributed by atoms with E-state index in [1.54, 1.807) is 6.20 Å². The zero-order valence-corrected chi connectivity index (χ0v) is 11.5. The minimum atomic E-state index is 0.674. The van der Waals surface area contributed by atoms with Gasteiger partial charge in [0.25, 0.3) is 0 Å². The molecule has 0 aliphatic carbocycles. The minimum absolute atomic E-state index is 0.674. The van der Waals surface area contributed by atoms with E-state index in [1.165, 1.54) is 5.56 Å². The molecule has 2 rings (SSSR count). The minimum Gasteiger partial charge on any atom is -0.385 e. The molecule has 0 spiro atoms. The highest BCUT2D eigenvalue weighted by molar-refractivity contribution is 5.45. The maximum Gasteiger partial charge on any atom is 0.223 e.